The first-order chi connectivity index (χ1) is 9.69. The molecule has 1 atom stereocenters. The van der Waals surface area contributed by atoms with E-state index in [1.807, 2.05) is 0 Å². The molecule has 6 heteroatoms. The standard InChI is InChI=1S/C14H11NO5/c1-18-10-5-4-9-7-11(15(16)17)14(20-13(9)8-10)12-3-2-6-19-12/h2-8,14H,1H3/t14-/m0/s1. The van der Waals surface area contributed by atoms with Crippen LogP contribution in [0, 0.1) is 10.1 Å². The molecule has 0 radical (unpaired) electrons. The first kappa shape index (κ1) is 12.3. The van der Waals surface area contributed by atoms with E-state index in [0.29, 0.717) is 22.8 Å². The topological polar surface area (TPSA) is 74.7 Å². The van der Waals surface area contributed by atoms with Crippen LogP contribution >= 0.6 is 0 Å². The van der Waals surface area contributed by atoms with Crippen molar-refractivity contribution in [1.29, 1.82) is 0 Å². The van der Waals surface area contributed by atoms with E-state index in [1.54, 1.807) is 37.4 Å². The summed E-state index contributed by atoms with van der Waals surface area (Å²) >= 11 is 0. The van der Waals surface area contributed by atoms with E-state index >= 15 is 0 Å². The summed E-state index contributed by atoms with van der Waals surface area (Å²) in [6, 6.07) is 8.45. The van der Waals surface area contributed by atoms with Crippen LogP contribution in [-0.2, 0) is 0 Å². The first-order valence-electron chi connectivity index (χ1n) is 5.93. The minimum atomic E-state index is -0.861. The van der Waals surface area contributed by atoms with Crippen LogP contribution in [0.2, 0.25) is 0 Å². The van der Waals surface area contributed by atoms with Crippen LogP contribution in [0.5, 0.6) is 11.5 Å². The van der Waals surface area contributed by atoms with Crippen molar-refractivity contribution < 1.29 is 18.8 Å². The predicted molar refractivity (Wildman–Crippen MR) is 70.0 cm³/mol. The Bertz CT molecular complexity index is 675. The lowest BCUT2D eigenvalue weighted by Crippen LogP contribution is -2.19. The molecule has 3 rings (SSSR count). The molecule has 0 saturated heterocycles. The van der Waals surface area contributed by atoms with Crippen LogP contribution in [0.3, 0.4) is 0 Å². The second-order valence-electron chi connectivity index (χ2n) is 4.24. The van der Waals surface area contributed by atoms with Crippen LogP contribution in [0.1, 0.15) is 17.4 Å². The highest BCUT2D eigenvalue weighted by Crippen LogP contribution is 2.39. The first-order valence-corrected chi connectivity index (χ1v) is 5.93. The summed E-state index contributed by atoms with van der Waals surface area (Å²) < 4.78 is 16.1. The molecule has 0 bridgehead atoms. The van der Waals surface area contributed by atoms with E-state index in [9.17, 15) is 10.1 Å². The van der Waals surface area contributed by atoms with Gasteiger partial charge in [0, 0.05) is 17.7 Å². The molecule has 1 aromatic carbocycles. The summed E-state index contributed by atoms with van der Waals surface area (Å²) in [5, 5.41) is 11.2. The van der Waals surface area contributed by atoms with E-state index in [4.69, 9.17) is 13.9 Å². The second kappa shape index (κ2) is 4.73. The van der Waals surface area contributed by atoms with Gasteiger partial charge in [0.05, 0.1) is 18.3 Å². The van der Waals surface area contributed by atoms with Crippen molar-refractivity contribution in [2.75, 3.05) is 7.11 Å². The Labute approximate surface area is 114 Å². The highest BCUT2D eigenvalue weighted by molar-refractivity contribution is 5.63. The molecule has 0 saturated carbocycles. The molecule has 1 aliphatic rings. The maximum Gasteiger partial charge on any atom is 0.295 e. The molecule has 102 valence electrons. The monoisotopic (exact) mass is 273 g/mol. The van der Waals surface area contributed by atoms with Crippen molar-refractivity contribution in [2.45, 2.75) is 6.10 Å². The summed E-state index contributed by atoms with van der Waals surface area (Å²) in [5.41, 5.74) is 0.581. The number of benzene rings is 1. The molecule has 6 nitrogen and oxygen atoms in total. The van der Waals surface area contributed by atoms with Crippen molar-refractivity contribution in [1.82, 2.24) is 0 Å². The number of nitro groups is 1. The Morgan fingerprint density at radius 1 is 1.35 bits per heavy atom. The number of rotatable bonds is 3. The normalized spacial score (nSPS) is 16.9. The van der Waals surface area contributed by atoms with E-state index < -0.39 is 11.0 Å². The van der Waals surface area contributed by atoms with Crippen molar-refractivity contribution in [2.24, 2.45) is 0 Å². The molecule has 1 aromatic heterocycles. The summed E-state index contributed by atoms with van der Waals surface area (Å²) in [6.45, 7) is 0. The highest BCUT2D eigenvalue weighted by Gasteiger charge is 2.35. The number of hydrogen-bond acceptors (Lipinski definition) is 5. The Morgan fingerprint density at radius 2 is 2.20 bits per heavy atom. The fraction of sp³-hybridized carbons (Fsp3) is 0.143. The zero-order valence-electron chi connectivity index (χ0n) is 10.6. The van der Waals surface area contributed by atoms with Crippen LogP contribution < -0.4 is 9.47 Å². The third-order valence-electron chi connectivity index (χ3n) is 3.05. The fourth-order valence-electron chi connectivity index (χ4n) is 2.08. The van der Waals surface area contributed by atoms with Gasteiger partial charge in [0.25, 0.3) is 5.70 Å². The van der Waals surface area contributed by atoms with E-state index in [-0.39, 0.29) is 5.70 Å². The number of fused-ring (bicyclic) bond motifs is 1. The van der Waals surface area contributed by atoms with Gasteiger partial charge in [-0.15, -0.1) is 0 Å². The number of methoxy groups -OCH3 is 1. The second-order valence-corrected chi connectivity index (χ2v) is 4.24. The van der Waals surface area contributed by atoms with Crippen LogP contribution in [0.15, 0.2) is 46.7 Å². The minimum absolute atomic E-state index is 0.0578. The number of ether oxygens (including phenoxy) is 2. The largest absolute Gasteiger partial charge is 0.497 e. The maximum absolute atomic E-state index is 11.2. The quantitative estimate of drug-likeness (QED) is 0.634. The van der Waals surface area contributed by atoms with Gasteiger partial charge in [0.1, 0.15) is 11.5 Å². The van der Waals surface area contributed by atoms with Crippen molar-refractivity contribution >= 4 is 6.08 Å². The van der Waals surface area contributed by atoms with Crippen LogP contribution in [0.4, 0.5) is 0 Å². The molecule has 0 unspecified atom stereocenters. The van der Waals surface area contributed by atoms with E-state index in [1.165, 1.54) is 12.3 Å². The third-order valence-corrected chi connectivity index (χ3v) is 3.05. The molecule has 0 N–H and O–H groups in total. The lowest BCUT2D eigenvalue weighted by Gasteiger charge is -2.21. The van der Waals surface area contributed by atoms with E-state index in [2.05, 4.69) is 0 Å². The summed E-state index contributed by atoms with van der Waals surface area (Å²) in [6.07, 6.45) is 2.09. The van der Waals surface area contributed by atoms with Crippen LogP contribution in [0.25, 0.3) is 6.08 Å². The summed E-state index contributed by atoms with van der Waals surface area (Å²) in [7, 11) is 1.55. The Kier molecular flexibility index (Phi) is 2.90. The molecular formula is C14H11NO5. The van der Waals surface area contributed by atoms with Gasteiger partial charge in [0.2, 0.25) is 6.10 Å². The zero-order valence-corrected chi connectivity index (χ0v) is 10.6. The van der Waals surface area contributed by atoms with Gasteiger partial charge in [0.15, 0.2) is 5.76 Å². The van der Waals surface area contributed by atoms with Crippen molar-refractivity contribution in [3.8, 4) is 11.5 Å². The predicted octanol–water partition coefficient (Wildman–Crippen LogP) is 3.04. The van der Waals surface area contributed by atoms with Gasteiger partial charge in [-0.25, -0.2) is 0 Å². The molecule has 0 spiro atoms. The molecule has 0 fully saturated rings. The van der Waals surface area contributed by atoms with Crippen molar-refractivity contribution in [3.63, 3.8) is 0 Å². The Morgan fingerprint density at radius 3 is 2.85 bits per heavy atom. The zero-order chi connectivity index (χ0) is 14.1. The lowest BCUT2D eigenvalue weighted by atomic mass is 10.1. The minimum Gasteiger partial charge on any atom is -0.497 e. The van der Waals surface area contributed by atoms with Gasteiger partial charge >= 0.3 is 0 Å². The lowest BCUT2D eigenvalue weighted by molar-refractivity contribution is -0.435. The maximum atomic E-state index is 11.2. The highest BCUT2D eigenvalue weighted by atomic mass is 16.6. The van der Waals surface area contributed by atoms with Crippen molar-refractivity contribution in [3.05, 3.63) is 63.7 Å². The molecule has 20 heavy (non-hydrogen) atoms. The molecule has 1 aliphatic heterocycles. The van der Waals surface area contributed by atoms with Gasteiger partial charge in [-0.05, 0) is 24.3 Å². The molecule has 2 heterocycles. The van der Waals surface area contributed by atoms with Crippen LogP contribution in [-0.4, -0.2) is 12.0 Å². The number of nitrogens with zero attached hydrogens (tertiary/aromatic N) is 1. The molecule has 0 aliphatic carbocycles. The molecule has 0 amide bonds. The summed E-state index contributed by atoms with van der Waals surface area (Å²) in [4.78, 5) is 10.7. The van der Waals surface area contributed by atoms with E-state index in [0.717, 1.165) is 0 Å². The smallest absolute Gasteiger partial charge is 0.295 e. The summed E-state index contributed by atoms with van der Waals surface area (Å²) in [5.74, 6) is 1.54. The average molecular weight is 273 g/mol. The van der Waals surface area contributed by atoms with Gasteiger partial charge < -0.3 is 13.9 Å². The Balaban J connectivity index is 2.08. The Hall–Kier alpha value is -2.76. The SMILES string of the molecule is COc1ccc2c(c1)O[C@H](c1ccco1)C([N+](=O)[O-])=C2. The average Bonchev–Trinajstić information content (AvgIpc) is 2.99. The third kappa shape index (κ3) is 2.01. The van der Waals surface area contributed by atoms with Gasteiger partial charge in [-0.2, -0.15) is 0 Å². The number of hydrogen-bond donors (Lipinski definition) is 0. The van der Waals surface area contributed by atoms with Gasteiger partial charge in [-0.3, -0.25) is 10.1 Å². The number of furan rings is 1. The van der Waals surface area contributed by atoms with Gasteiger partial charge in [-0.1, -0.05) is 0 Å². The molecule has 2 aromatic rings. The molecular weight excluding hydrogens is 262 g/mol. The fourth-order valence-corrected chi connectivity index (χ4v) is 2.08.